The standard InChI is InChI=1S/C14H16FN3O2/c15-10-3-5-12(6-4-10)20-9-13-17-11(2-1-7-16)8-14(19)18-13/h3-6,8H,1-2,7,9,16H2,(H,17,18,19). The summed E-state index contributed by atoms with van der Waals surface area (Å²) in [6, 6.07) is 7.11. The highest BCUT2D eigenvalue weighted by Crippen LogP contribution is 2.12. The minimum absolute atomic E-state index is 0.122. The number of benzene rings is 1. The molecule has 0 spiro atoms. The maximum Gasteiger partial charge on any atom is 0.251 e. The number of aryl methyl sites for hydroxylation is 1. The van der Waals surface area contributed by atoms with E-state index in [0.29, 0.717) is 30.2 Å². The molecule has 5 nitrogen and oxygen atoms in total. The van der Waals surface area contributed by atoms with Gasteiger partial charge in [-0.05, 0) is 43.7 Å². The first-order chi connectivity index (χ1) is 9.67. The van der Waals surface area contributed by atoms with Crippen molar-refractivity contribution in [1.29, 1.82) is 0 Å². The molecule has 0 fully saturated rings. The number of hydrogen-bond acceptors (Lipinski definition) is 4. The van der Waals surface area contributed by atoms with Crippen molar-refractivity contribution < 1.29 is 9.13 Å². The molecule has 0 aliphatic heterocycles. The molecular weight excluding hydrogens is 261 g/mol. The molecule has 0 aliphatic carbocycles. The van der Waals surface area contributed by atoms with Gasteiger partial charge in [-0.15, -0.1) is 0 Å². The molecule has 2 aromatic rings. The lowest BCUT2D eigenvalue weighted by molar-refractivity contribution is 0.294. The number of hydrogen-bond donors (Lipinski definition) is 2. The normalized spacial score (nSPS) is 10.5. The summed E-state index contributed by atoms with van der Waals surface area (Å²) < 4.78 is 18.2. The van der Waals surface area contributed by atoms with Crippen LogP contribution in [-0.4, -0.2) is 16.5 Å². The van der Waals surface area contributed by atoms with Crippen LogP contribution < -0.4 is 16.0 Å². The van der Waals surface area contributed by atoms with Gasteiger partial charge >= 0.3 is 0 Å². The Balaban J connectivity index is 2.03. The predicted molar refractivity (Wildman–Crippen MR) is 73.0 cm³/mol. The van der Waals surface area contributed by atoms with Crippen LogP contribution >= 0.6 is 0 Å². The van der Waals surface area contributed by atoms with Gasteiger partial charge in [0.15, 0.2) is 0 Å². The Morgan fingerprint density at radius 1 is 1.30 bits per heavy atom. The Hall–Kier alpha value is -2.21. The second kappa shape index (κ2) is 6.81. The van der Waals surface area contributed by atoms with E-state index in [0.717, 1.165) is 6.42 Å². The fraction of sp³-hybridized carbons (Fsp3) is 0.286. The predicted octanol–water partition coefficient (Wildman–Crippen LogP) is 1.38. The summed E-state index contributed by atoms with van der Waals surface area (Å²) in [5.74, 6) is 0.628. The van der Waals surface area contributed by atoms with Crippen molar-refractivity contribution >= 4 is 0 Å². The largest absolute Gasteiger partial charge is 0.486 e. The number of H-pyrrole nitrogens is 1. The van der Waals surface area contributed by atoms with E-state index in [2.05, 4.69) is 9.97 Å². The van der Waals surface area contributed by atoms with Gasteiger partial charge in [0.25, 0.3) is 5.56 Å². The van der Waals surface area contributed by atoms with Crippen molar-refractivity contribution in [3.8, 4) is 5.75 Å². The van der Waals surface area contributed by atoms with E-state index in [4.69, 9.17) is 10.5 Å². The van der Waals surface area contributed by atoms with Gasteiger partial charge in [-0.25, -0.2) is 9.37 Å². The summed E-state index contributed by atoms with van der Waals surface area (Å²) in [5.41, 5.74) is 5.90. The van der Waals surface area contributed by atoms with E-state index in [9.17, 15) is 9.18 Å². The molecule has 2 rings (SSSR count). The lowest BCUT2D eigenvalue weighted by Gasteiger charge is -2.07. The van der Waals surface area contributed by atoms with Gasteiger partial charge < -0.3 is 15.5 Å². The first kappa shape index (κ1) is 14.2. The second-order valence-electron chi connectivity index (χ2n) is 4.32. The van der Waals surface area contributed by atoms with E-state index in [1.54, 1.807) is 0 Å². The minimum Gasteiger partial charge on any atom is -0.486 e. The van der Waals surface area contributed by atoms with Gasteiger partial charge in [0.2, 0.25) is 0 Å². The summed E-state index contributed by atoms with van der Waals surface area (Å²) in [6.07, 6.45) is 1.43. The van der Waals surface area contributed by atoms with Crippen molar-refractivity contribution in [2.24, 2.45) is 5.73 Å². The molecule has 0 saturated heterocycles. The Morgan fingerprint density at radius 2 is 2.05 bits per heavy atom. The molecule has 1 heterocycles. The van der Waals surface area contributed by atoms with Gasteiger partial charge in [-0.2, -0.15) is 0 Å². The van der Waals surface area contributed by atoms with Gasteiger partial charge in [-0.3, -0.25) is 4.79 Å². The Kier molecular flexibility index (Phi) is 4.84. The highest BCUT2D eigenvalue weighted by molar-refractivity contribution is 5.22. The van der Waals surface area contributed by atoms with Crippen molar-refractivity contribution in [1.82, 2.24) is 9.97 Å². The van der Waals surface area contributed by atoms with Crippen molar-refractivity contribution in [3.63, 3.8) is 0 Å². The van der Waals surface area contributed by atoms with Crippen molar-refractivity contribution in [3.05, 3.63) is 58.0 Å². The number of nitrogens with two attached hydrogens (primary N) is 1. The Morgan fingerprint density at radius 3 is 2.75 bits per heavy atom. The number of aromatic nitrogens is 2. The third kappa shape index (κ3) is 4.17. The van der Waals surface area contributed by atoms with Gasteiger partial charge in [0.05, 0.1) is 0 Å². The summed E-state index contributed by atoms with van der Waals surface area (Å²) in [5, 5.41) is 0. The van der Waals surface area contributed by atoms with Crippen LogP contribution in [0.15, 0.2) is 35.1 Å². The molecule has 20 heavy (non-hydrogen) atoms. The van der Waals surface area contributed by atoms with Crippen LogP contribution in [0.2, 0.25) is 0 Å². The highest BCUT2D eigenvalue weighted by Gasteiger charge is 2.03. The first-order valence-corrected chi connectivity index (χ1v) is 6.35. The smallest absolute Gasteiger partial charge is 0.251 e. The molecule has 3 N–H and O–H groups in total. The van der Waals surface area contributed by atoms with Gasteiger partial charge in [0.1, 0.15) is 24.0 Å². The highest BCUT2D eigenvalue weighted by atomic mass is 19.1. The van der Waals surface area contributed by atoms with Crippen LogP contribution in [0.1, 0.15) is 17.9 Å². The molecule has 106 valence electrons. The fourth-order valence-corrected chi connectivity index (χ4v) is 1.73. The van der Waals surface area contributed by atoms with E-state index in [1.165, 1.54) is 30.3 Å². The van der Waals surface area contributed by atoms with Crippen LogP contribution in [0.25, 0.3) is 0 Å². The minimum atomic E-state index is -0.326. The topological polar surface area (TPSA) is 81.0 Å². The van der Waals surface area contributed by atoms with E-state index < -0.39 is 0 Å². The zero-order valence-corrected chi connectivity index (χ0v) is 10.9. The van der Waals surface area contributed by atoms with E-state index in [-0.39, 0.29) is 18.0 Å². The average molecular weight is 277 g/mol. The zero-order chi connectivity index (χ0) is 14.4. The third-order valence-corrected chi connectivity index (χ3v) is 2.67. The number of nitrogens with one attached hydrogen (secondary N) is 1. The second-order valence-corrected chi connectivity index (χ2v) is 4.32. The molecular formula is C14H16FN3O2. The van der Waals surface area contributed by atoms with Crippen LogP contribution in [0.5, 0.6) is 5.75 Å². The maximum absolute atomic E-state index is 12.7. The summed E-state index contributed by atoms with van der Waals surface area (Å²) in [7, 11) is 0. The lowest BCUT2D eigenvalue weighted by atomic mass is 10.2. The molecule has 1 aromatic carbocycles. The zero-order valence-electron chi connectivity index (χ0n) is 10.9. The molecule has 0 radical (unpaired) electrons. The molecule has 1 aromatic heterocycles. The third-order valence-electron chi connectivity index (χ3n) is 2.67. The molecule has 0 atom stereocenters. The first-order valence-electron chi connectivity index (χ1n) is 6.35. The number of nitrogens with zero attached hydrogens (tertiary/aromatic N) is 1. The summed E-state index contributed by atoms with van der Waals surface area (Å²) >= 11 is 0. The quantitative estimate of drug-likeness (QED) is 0.835. The van der Waals surface area contributed by atoms with E-state index in [1.807, 2.05) is 0 Å². The lowest BCUT2D eigenvalue weighted by Crippen LogP contribution is -2.15. The SMILES string of the molecule is NCCCc1cc(=O)[nH]c(COc2ccc(F)cc2)n1. The monoisotopic (exact) mass is 277 g/mol. The fourth-order valence-electron chi connectivity index (χ4n) is 1.73. The maximum atomic E-state index is 12.7. The Labute approximate surface area is 115 Å². The van der Waals surface area contributed by atoms with Gasteiger partial charge in [-0.1, -0.05) is 0 Å². The van der Waals surface area contributed by atoms with Crippen LogP contribution in [0.3, 0.4) is 0 Å². The van der Waals surface area contributed by atoms with Crippen LogP contribution in [0, 0.1) is 5.82 Å². The van der Waals surface area contributed by atoms with Crippen LogP contribution in [0.4, 0.5) is 4.39 Å². The average Bonchev–Trinajstić information content (AvgIpc) is 2.44. The van der Waals surface area contributed by atoms with Gasteiger partial charge in [0, 0.05) is 11.8 Å². The number of halogens is 1. The summed E-state index contributed by atoms with van der Waals surface area (Å²) in [6.45, 7) is 0.674. The Bertz CT molecular complexity index is 611. The van der Waals surface area contributed by atoms with Crippen molar-refractivity contribution in [2.45, 2.75) is 19.4 Å². The number of ether oxygens (including phenoxy) is 1. The molecule has 0 unspecified atom stereocenters. The van der Waals surface area contributed by atoms with E-state index >= 15 is 0 Å². The molecule has 6 heteroatoms. The number of rotatable bonds is 6. The number of aromatic amines is 1. The molecule has 0 saturated carbocycles. The summed E-state index contributed by atoms with van der Waals surface area (Å²) in [4.78, 5) is 18.4. The van der Waals surface area contributed by atoms with Crippen LogP contribution in [-0.2, 0) is 13.0 Å². The van der Waals surface area contributed by atoms with Crippen molar-refractivity contribution in [2.75, 3.05) is 6.54 Å². The molecule has 0 amide bonds. The molecule has 0 aliphatic rings. The molecule has 0 bridgehead atoms.